The van der Waals surface area contributed by atoms with E-state index in [-0.39, 0.29) is 30.8 Å². The van der Waals surface area contributed by atoms with Crippen LogP contribution in [0.15, 0.2) is 0 Å². The highest BCUT2D eigenvalue weighted by atomic mass is 16.5. The van der Waals surface area contributed by atoms with Gasteiger partial charge in [0.05, 0.1) is 39.6 Å². The SMILES string of the molecule is CCCOCCCCC(=O)NCCOCCOCC(=O)NCCOCCOCC(C)=O. The molecule has 10 heteroatoms. The fraction of sp³-hybridized carbons (Fsp3) is 0.857. The van der Waals surface area contributed by atoms with Crippen molar-refractivity contribution in [2.45, 2.75) is 39.5 Å². The van der Waals surface area contributed by atoms with E-state index in [0.29, 0.717) is 65.8 Å². The number of ether oxygens (including phenoxy) is 5. The van der Waals surface area contributed by atoms with Crippen molar-refractivity contribution in [1.29, 1.82) is 0 Å². The van der Waals surface area contributed by atoms with Crippen LogP contribution in [0, 0.1) is 0 Å². The normalized spacial score (nSPS) is 10.8. The molecule has 0 rings (SSSR count). The van der Waals surface area contributed by atoms with Crippen molar-refractivity contribution in [2.75, 3.05) is 79.2 Å². The van der Waals surface area contributed by atoms with E-state index in [1.165, 1.54) is 6.92 Å². The topological polar surface area (TPSA) is 121 Å². The molecular formula is C21H40N2O8. The Bertz CT molecular complexity index is 463. The van der Waals surface area contributed by atoms with E-state index in [0.717, 1.165) is 25.9 Å². The molecule has 0 saturated carbocycles. The second kappa shape index (κ2) is 23.1. The summed E-state index contributed by atoms with van der Waals surface area (Å²) in [4.78, 5) is 33.9. The van der Waals surface area contributed by atoms with Crippen LogP contribution in [0.4, 0.5) is 0 Å². The number of amides is 2. The first-order valence-corrected chi connectivity index (χ1v) is 11.0. The summed E-state index contributed by atoms with van der Waals surface area (Å²) < 4.78 is 26.2. The number of hydrogen-bond acceptors (Lipinski definition) is 8. The smallest absolute Gasteiger partial charge is 0.246 e. The van der Waals surface area contributed by atoms with Crippen LogP contribution in [0.25, 0.3) is 0 Å². The van der Waals surface area contributed by atoms with Gasteiger partial charge in [0.15, 0.2) is 5.78 Å². The van der Waals surface area contributed by atoms with Crippen molar-refractivity contribution in [3.8, 4) is 0 Å². The Labute approximate surface area is 185 Å². The van der Waals surface area contributed by atoms with Crippen LogP contribution >= 0.6 is 0 Å². The molecule has 0 spiro atoms. The number of carbonyl (C=O) groups is 3. The number of carbonyl (C=O) groups excluding carboxylic acids is 3. The van der Waals surface area contributed by atoms with Crippen LogP contribution in [0.1, 0.15) is 39.5 Å². The van der Waals surface area contributed by atoms with Crippen molar-refractivity contribution in [2.24, 2.45) is 0 Å². The Morgan fingerprint density at radius 1 is 0.613 bits per heavy atom. The van der Waals surface area contributed by atoms with Gasteiger partial charge >= 0.3 is 0 Å². The Morgan fingerprint density at radius 2 is 1.16 bits per heavy atom. The number of Topliss-reactive ketones (excluding diaryl/α,β-unsaturated/α-hetero) is 1. The third-order valence-corrected chi connectivity index (χ3v) is 3.71. The van der Waals surface area contributed by atoms with Crippen molar-refractivity contribution in [3.63, 3.8) is 0 Å². The van der Waals surface area contributed by atoms with E-state index in [4.69, 9.17) is 23.7 Å². The lowest BCUT2D eigenvalue weighted by molar-refractivity contribution is -0.127. The lowest BCUT2D eigenvalue weighted by Crippen LogP contribution is -2.31. The van der Waals surface area contributed by atoms with Gasteiger partial charge in [0.2, 0.25) is 11.8 Å². The second-order valence-corrected chi connectivity index (χ2v) is 6.80. The molecule has 0 bridgehead atoms. The Hall–Kier alpha value is -1.59. The molecule has 0 radical (unpaired) electrons. The van der Waals surface area contributed by atoms with E-state index in [1.807, 2.05) is 0 Å². The van der Waals surface area contributed by atoms with Crippen molar-refractivity contribution < 1.29 is 38.1 Å². The van der Waals surface area contributed by atoms with E-state index < -0.39 is 0 Å². The summed E-state index contributed by atoms with van der Waals surface area (Å²) in [5.41, 5.74) is 0. The van der Waals surface area contributed by atoms with Crippen molar-refractivity contribution in [3.05, 3.63) is 0 Å². The molecule has 0 aromatic carbocycles. The number of nitrogens with one attached hydrogen (secondary N) is 2. The summed E-state index contributed by atoms with van der Waals surface area (Å²) in [5, 5.41) is 5.47. The van der Waals surface area contributed by atoms with Gasteiger partial charge in [0.1, 0.15) is 13.2 Å². The van der Waals surface area contributed by atoms with Crippen LogP contribution < -0.4 is 10.6 Å². The molecule has 0 unspecified atom stereocenters. The van der Waals surface area contributed by atoms with Gasteiger partial charge in [-0.1, -0.05) is 6.92 Å². The van der Waals surface area contributed by atoms with Gasteiger partial charge in [-0.25, -0.2) is 0 Å². The molecule has 10 nitrogen and oxygen atoms in total. The standard InChI is InChI=1S/C21H40N2O8/c1-3-9-27-10-5-4-6-20(25)22-7-11-28-14-16-31-18-21(26)23-8-12-29-13-15-30-17-19(2)24/h3-18H2,1-2H3,(H,22,25)(H,23,26). The molecule has 0 atom stereocenters. The maximum atomic E-state index is 11.6. The number of unbranched alkanes of at least 4 members (excludes halogenated alkanes) is 1. The summed E-state index contributed by atoms with van der Waals surface area (Å²) in [6, 6.07) is 0. The lowest BCUT2D eigenvalue weighted by Gasteiger charge is -2.08. The van der Waals surface area contributed by atoms with Crippen LogP contribution in [-0.4, -0.2) is 96.8 Å². The van der Waals surface area contributed by atoms with Crippen molar-refractivity contribution in [1.82, 2.24) is 10.6 Å². The van der Waals surface area contributed by atoms with E-state index in [9.17, 15) is 14.4 Å². The quantitative estimate of drug-likeness (QED) is 0.216. The molecule has 0 aromatic heterocycles. The predicted octanol–water partition coefficient (Wildman–Crippen LogP) is 0.471. The van der Waals surface area contributed by atoms with Gasteiger partial charge < -0.3 is 34.3 Å². The molecule has 0 aromatic rings. The zero-order valence-electron chi connectivity index (χ0n) is 19.1. The molecule has 182 valence electrons. The fourth-order valence-corrected chi connectivity index (χ4v) is 2.22. The number of ketones is 1. The first-order chi connectivity index (χ1) is 15.1. The molecule has 0 aliphatic carbocycles. The molecule has 0 heterocycles. The van der Waals surface area contributed by atoms with E-state index in [2.05, 4.69) is 17.6 Å². The summed E-state index contributed by atoms with van der Waals surface area (Å²) in [6.07, 6.45) is 3.20. The zero-order chi connectivity index (χ0) is 23.0. The second-order valence-electron chi connectivity index (χ2n) is 6.80. The lowest BCUT2D eigenvalue weighted by atomic mass is 10.2. The minimum Gasteiger partial charge on any atom is -0.381 e. The Kier molecular flexibility index (Phi) is 21.9. The Balaban J connectivity index is 3.27. The monoisotopic (exact) mass is 448 g/mol. The van der Waals surface area contributed by atoms with Crippen LogP contribution in [0.3, 0.4) is 0 Å². The summed E-state index contributed by atoms with van der Waals surface area (Å²) >= 11 is 0. The maximum absolute atomic E-state index is 11.6. The van der Waals surface area contributed by atoms with Gasteiger partial charge in [0, 0.05) is 32.7 Å². The first kappa shape index (κ1) is 29.4. The molecule has 0 aliphatic heterocycles. The zero-order valence-corrected chi connectivity index (χ0v) is 19.1. The van der Waals surface area contributed by atoms with Gasteiger partial charge in [-0.3, -0.25) is 14.4 Å². The highest BCUT2D eigenvalue weighted by Crippen LogP contribution is 1.96. The van der Waals surface area contributed by atoms with Crippen LogP contribution in [-0.2, 0) is 38.1 Å². The largest absolute Gasteiger partial charge is 0.381 e. The first-order valence-electron chi connectivity index (χ1n) is 11.0. The van der Waals surface area contributed by atoms with Gasteiger partial charge in [-0.15, -0.1) is 0 Å². The van der Waals surface area contributed by atoms with E-state index >= 15 is 0 Å². The third-order valence-electron chi connectivity index (χ3n) is 3.71. The number of hydrogen-bond donors (Lipinski definition) is 2. The van der Waals surface area contributed by atoms with E-state index in [1.54, 1.807) is 0 Å². The van der Waals surface area contributed by atoms with Crippen LogP contribution in [0.5, 0.6) is 0 Å². The highest BCUT2D eigenvalue weighted by Gasteiger charge is 2.02. The molecule has 2 amide bonds. The summed E-state index contributed by atoms with van der Waals surface area (Å²) in [6.45, 7) is 7.96. The average molecular weight is 449 g/mol. The van der Waals surface area contributed by atoms with Gasteiger partial charge in [-0.05, 0) is 26.2 Å². The van der Waals surface area contributed by atoms with Crippen molar-refractivity contribution >= 4 is 17.6 Å². The molecular weight excluding hydrogens is 408 g/mol. The maximum Gasteiger partial charge on any atom is 0.246 e. The summed E-state index contributed by atoms with van der Waals surface area (Å²) in [5.74, 6) is -0.247. The predicted molar refractivity (Wildman–Crippen MR) is 115 cm³/mol. The minimum atomic E-state index is -0.233. The number of rotatable bonds is 23. The van der Waals surface area contributed by atoms with Crippen LogP contribution in [0.2, 0.25) is 0 Å². The molecule has 31 heavy (non-hydrogen) atoms. The Morgan fingerprint density at radius 3 is 1.77 bits per heavy atom. The van der Waals surface area contributed by atoms with Gasteiger partial charge in [-0.2, -0.15) is 0 Å². The fourth-order valence-electron chi connectivity index (χ4n) is 2.22. The molecule has 0 saturated heterocycles. The van der Waals surface area contributed by atoms with Gasteiger partial charge in [0.25, 0.3) is 0 Å². The molecule has 0 aliphatic rings. The molecule has 2 N–H and O–H groups in total. The molecule has 0 fully saturated rings. The highest BCUT2D eigenvalue weighted by molar-refractivity contribution is 5.77. The third kappa shape index (κ3) is 24.6. The minimum absolute atomic E-state index is 0.0135. The average Bonchev–Trinajstić information content (AvgIpc) is 2.74. The summed E-state index contributed by atoms with van der Waals surface area (Å²) in [7, 11) is 0.